The van der Waals surface area contributed by atoms with E-state index in [1.54, 1.807) is 36.3 Å². The summed E-state index contributed by atoms with van der Waals surface area (Å²) in [5.74, 6) is -0.449. The van der Waals surface area contributed by atoms with Crippen LogP contribution in [0.15, 0.2) is 36.5 Å². The van der Waals surface area contributed by atoms with Crippen molar-refractivity contribution in [2.24, 2.45) is 0 Å². The second-order valence-corrected chi connectivity index (χ2v) is 6.27. The summed E-state index contributed by atoms with van der Waals surface area (Å²) in [7, 11) is 1.70. The van der Waals surface area contributed by atoms with E-state index in [0.717, 1.165) is 5.69 Å². The third-order valence-corrected chi connectivity index (χ3v) is 4.21. The summed E-state index contributed by atoms with van der Waals surface area (Å²) in [6, 6.07) is 7.19. The van der Waals surface area contributed by atoms with Crippen LogP contribution in [0.4, 0.5) is 25.4 Å². The minimum atomic E-state index is -0.484. The van der Waals surface area contributed by atoms with Crippen LogP contribution in [-0.4, -0.2) is 41.6 Å². The molecule has 1 fully saturated rings. The number of carbonyl (C=O) groups excluding carboxylic acids is 2. The van der Waals surface area contributed by atoms with Crippen molar-refractivity contribution in [2.75, 3.05) is 24.2 Å². The zero-order chi connectivity index (χ0) is 18.7. The van der Waals surface area contributed by atoms with E-state index in [-0.39, 0.29) is 12.1 Å². The molecule has 26 heavy (non-hydrogen) atoms. The summed E-state index contributed by atoms with van der Waals surface area (Å²) in [6.07, 6.45) is 2.04. The van der Waals surface area contributed by atoms with Gasteiger partial charge in [-0.15, -0.1) is 0 Å². The average molecular weight is 357 g/mol. The molecule has 2 aromatic rings. The molecule has 0 aliphatic carbocycles. The van der Waals surface area contributed by atoms with Crippen LogP contribution in [0.3, 0.4) is 0 Å². The number of aromatic nitrogens is 1. The third kappa shape index (κ3) is 4.27. The number of anilines is 2. The molecule has 136 valence electrons. The molecular weight excluding hydrogens is 337 g/mol. The summed E-state index contributed by atoms with van der Waals surface area (Å²) in [5, 5.41) is 8.00. The number of aryl methyl sites for hydroxylation is 1. The highest BCUT2D eigenvalue weighted by molar-refractivity contribution is 5.99. The molecule has 1 aromatic heterocycles. The molecule has 8 heteroatoms. The summed E-state index contributed by atoms with van der Waals surface area (Å²) >= 11 is 0. The number of halogens is 1. The van der Waals surface area contributed by atoms with Crippen molar-refractivity contribution in [3.8, 4) is 0 Å². The van der Waals surface area contributed by atoms with Crippen molar-refractivity contribution in [3.05, 3.63) is 53.6 Å². The Labute approximate surface area is 150 Å². The maximum absolute atomic E-state index is 13.9. The Bertz CT molecular complexity index is 825. The van der Waals surface area contributed by atoms with Crippen LogP contribution < -0.4 is 16.0 Å². The molecule has 2 heterocycles. The van der Waals surface area contributed by atoms with Gasteiger partial charge in [0.2, 0.25) is 0 Å². The average Bonchev–Trinajstić information content (AvgIpc) is 2.88. The van der Waals surface area contributed by atoms with Gasteiger partial charge < -0.3 is 20.9 Å². The quantitative estimate of drug-likeness (QED) is 0.786. The van der Waals surface area contributed by atoms with Gasteiger partial charge >= 0.3 is 12.1 Å². The molecule has 3 N–H and O–H groups in total. The predicted octanol–water partition coefficient (Wildman–Crippen LogP) is 2.74. The lowest BCUT2D eigenvalue weighted by Crippen LogP contribution is -2.31. The normalized spacial score (nSPS) is 16.3. The van der Waals surface area contributed by atoms with Crippen molar-refractivity contribution < 1.29 is 14.0 Å². The van der Waals surface area contributed by atoms with E-state index in [2.05, 4.69) is 20.9 Å². The van der Waals surface area contributed by atoms with Gasteiger partial charge in [-0.05, 0) is 49.2 Å². The molecule has 0 bridgehead atoms. The van der Waals surface area contributed by atoms with Crippen molar-refractivity contribution in [1.29, 1.82) is 0 Å². The topological polar surface area (TPSA) is 86.4 Å². The summed E-state index contributed by atoms with van der Waals surface area (Å²) in [4.78, 5) is 29.3. The number of carbonyl (C=O) groups is 2. The van der Waals surface area contributed by atoms with E-state index in [0.29, 0.717) is 29.9 Å². The van der Waals surface area contributed by atoms with Gasteiger partial charge in [-0.25, -0.2) is 14.0 Å². The van der Waals surface area contributed by atoms with Crippen molar-refractivity contribution in [3.63, 3.8) is 0 Å². The Balaban J connectivity index is 1.66. The molecule has 0 radical (unpaired) electrons. The minimum Gasteiger partial charge on any atom is -0.336 e. The molecular formula is C18H20FN5O2. The standard InChI is InChI=1S/C18H20FN5O2/c1-11-3-4-14(9-20-11)22-17(25)23-15-6-12(5-13(19)8-15)7-16-10-21-18(26)24(16)2/h3-6,8-9,16H,7,10H2,1-2H3,(H,21,26)(H2,22,23,25). The number of rotatable bonds is 4. The molecule has 0 saturated carbocycles. The van der Waals surface area contributed by atoms with Gasteiger partial charge in [0.15, 0.2) is 0 Å². The maximum atomic E-state index is 13.9. The monoisotopic (exact) mass is 357 g/mol. The molecule has 1 saturated heterocycles. The smallest absolute Gasteiger partial charge is 0.323 e. The molecule has 0 spiro atoms. The van der Waals surface area contributed by atoms with E-state index >= 15 is 0 Å². The van der Waals surface area contributed by atoms with Crippen molar-refractivity contribution in [1.82, 2.24) is 15.2 Å². The first kappa shape index (κ1) is 17.7. The second kappa shape index (κ2) is 7.38. The molecule has 1 unspecified atom stereocenters. The number of amides is 4. The Hall–Kier alpha value is -3.16. The zero-order valence-electron chi connectivity index (χ0n) is 14.5. The van der Waals surface area contributed by atoms with Crippen LogP contribution in [-0.2, 0) is 6.42 Å². The lowest BCUT2D eigenvalue weighted by molar-refractivity contribution is 0.216. The van der Waals surface area contributed by atoms with Gasteiger partial charge in [-0.1, -0.05) is 0 Å². The molecule has 1 aliphatic heterocycles. The van der Waals surface area contributed by atoms with E-state index in [9.17, 15) is 14.0 Å². The highest BCUT2D eigenvalue weighted by Crippen LogP contribution is 2.18. The zero-order valence-corrected chi connectivity index (χ0v) is 14.5. The molecule has 3 rings (SSSR count). The second-order valence-electron chi connectivity index (χ2n) is 6.27. The Kier molecular flexibility index (Phi) is 5.01. The van der Waals surface area contributed by atoms with Crippen molar-refractivity contribution in [2.45, 2.75) is 19.4 Å². The SMILES string of the molecule is Cc1ccc(NC(=O)Nc2cc(F)cc(CC3CNC(=O)N3C)c2)cn1. The number of likely N-dealkylation sites (N-methyl/N-ethyl adjacent to an activating group) is 1. The van der Waals surface area contributed by atoms with Gasteiger partial charge in [-0.2, -0.15) is 0 Å². The number of hydrogen-bond acceptors (Lipinski definition) is 3. The maximum Gasteiger partial charge on any atom is 0.323 e. The highest BCUT2D eigenvalue weighted by Gasteiger charge is 2.27. The summed E-state index contributed by atoms with van der Waals surface area (Å²) < 4.78 is 13.9. The Morgan fingerprint density at radius 2 is 2.08 bits per heavy atom. The van der Waals surface area contributed by atoms with E-state index in [4.69, 9.17) is 0 Å². The molecule has 1 aliphatic rings. The fourth-order valence-electron chi connectivity index (χ4n) is 2.79. The highest BCUT2D eigenvalue weighted by atomic mass is 19.1. The van der Waals surface area contributed by atoms with Gasteiger partial charge in [0.25, 0.3) is 0 Å². The summed E-state index contributed by atoms with van der Waals surface area (Å²) in [5.41, 5.74) is 2.43. The number of nitrogens with one attached hydrogen (secondary N) is 3. The lowest BCUT2D eigenvalue weighted by Gasteiger charge is -2.18. The first-order valence-corrected chi connectivity index (χ1v) is 8.21. The number of hydrogen-bond donors (Lipinski definition) is 3. The molecule has 1 atom stereocenters. The number of nitrogens with zero attached hydrogens (tertiary/aromatic N) is 2. The van der Waals surface area contributed by atoms with Gasteiger partial charge in [0.1, 0.15) is 5.82 Å². The van der Waals surface area contributed by atoms with E-state index in [1.165, 1.54) is 12.1 Å². The van der Waals surface area contributed by atoms with E-state index < -0.39 is 11.8 Å². The fourth-order valence-corrected chi connectivity index (χ4v) is 2.79. The molecule has 4 amide bonds. The van der Waals surface area contributed by atoms with Crippen LogP contribution in [0.1, 0.15) is 11.3 Å². The molecule has 1 aromatic carbocycles. The predicted molar refractivity (Wildman–Crippen MR) is 96.7 cm³/mol. The first-order chi connectivity index (χ1) is 12.4. The van der Waals surface area contributed by atoms with Crippen LogP contribution in [0.25, 0.3) is 0 Å². The Morgan fingerprint density at radius 1 is 1.31 bits per heavy atom. The van der Waals surface area contributed by atoms with Gasteiger partial charge in [-0.3, -0.25) is 4.98 Å². The largest absolute Gasteiger partial charge is 0.336 e. The fraction of sp³-hybridized carbons (Fsp3) is 0.278. The number of pyridine rings is 1. The van der Waals surface area contributed by atoms with Crippen LogP contribution in [0, 0.1) is 12.7 Å². The van der Waals surface area contributed by atoms with Crippen LogP contribution in [0.5, 0.6) is 0 Å². The van der Waals surface area contributed by atoms with Crippen molar-refractivity contribution >= 4 is 23.4 Å². The van der Waals surface area contributed by atoms with E-state index in [1.807, 2.05) is 6.92 Å². The molecule has 7 nitrogen and oxygen atoms in total. The summed E-state index contributed by atoms with van der Waals surface area (Å²) in [6.45, 7) is 2.36. The van der Waals surface area contributed by atoms with Gasteiger partial charge in [0, 0.05) is 25.0 Å². The van der Waals surface area contributed by atoms with Gasteiger partial charge in [0.05, 0.1) is 17.9 Å². The minimum absolute atomic E-state index is 0.0513. The number of benzene rings is 1. The van der Waals surface area contributed by atoms with Crippen LogP contribution in [0.2, 0.25) is 0 Å². The first-order valence-electron chi connectivity index (χ1n) is 8.21. The van der Waals surface area contributed by atoms with Crippen LogP contribution >= 0.6 is 0 Å². The lowest BCUT2D eigenvalue weighted by atomic mass is 10.0. The number of urea groups is 2. The Morgan fingerprint density at radius 3 is 2.73 bits per heavy atom. The third-order valence-electron chi connectivity index (χ3n) is 4.21.